The SMILES string of the molecule is Cc1n[nH]c(C)c1CCNS(=O)(=O)c1c(C)n[nH]c1C. The van der Waals surface area contributed by atoms with Crippen LogP contribution in [-0.4, -0.2) is 35.4 Å². The summed E-state index contributed by atoms with van der Waals surface area (Å²) >= 11 is 0. The Morgan fingerprint density at radius 1 is 1.00 bits per heavy atom. The summed E-state index contributed by atoms with van der Waals surface area (Å²) in [5, 5.41) is 13.6. The van der Waals surface area contributed by atoms with Crippen molar-refractivity contribution in [3.05, 3.63) is 28.3 Å². The molecule has 7 nitrogen and oxygen atoms in total. The summed E-state index contributed by atoms with van der Waals surface area (Å²) in [5.41, 5.74) is 3.94. The summed E-state index contributed by atoms with van der Waals surface area (Å²) < 4.78 is 27.1. The molecule has 3 N–H and O–H groups in total. The Morgan fingerprint density at radius 3 is 2.10 bits per heavy atom. The van der Waals surface area contributed by atoms with Gasteiger partial charge in [0.25, 0.3) is 0 Å². The molecule has 0 saturated heterocycles. The van der Waals surface area contributed by atoms with Crippen LogP contribution in [0.4, 0.5) is 0 Å². The van der Waals surface area contributed by atoms with Crippen LogP contribution >= 0.6 is 0 Å². The highest BCUT2D eigenvalue weighted by Crippen LogP contribution is 2.16. The molecule has 0 atom stereocenters. The molecule has 0 saturated carbocycles. The Bertz CT molecular complexity index is 675. The predicted molar refractivity (Wildman–Crippen MR) is 75.0 cm³/mol. The molecule has 8 heteroatoms. The van der Waals surface area contributed by atoms with Crippen molar-refractivity contribution in [3.8, 4) is 0 Å². The summed E-state index contributed by atoms with van der Waals surface area (Å²) in [6.45, 7) is 7.51. The third-order valence-electron chi connectivity index (χ3n) is 3.28. The fraction of sp³-hybridized carbons (Fsp3) is 0.500. The Kier molecular flexibility index (Phi) is 3.96. The number of sulfonamides is 1. The summed E-state index contributed by atoms with van der Waals surface area (Å²) in [6, 6.07) is 0. The molecule has 0 unspecified atom stereocenters. The van der Waals surface area contributed by atoms with Gasteiger partial charge in [-0.25, -0.2) is 13.1 Å². The Balaban J connectivity index is 2.08. The van der Waals surface area contributed by atoms with Crippen molar-refractivity contribution >= 4 is 10.0 Å². The van der Waals surface area contributed by atoms with Crippen LogP contribution in [0, 0.1) is 27.7 Å². The minimum atomic E-state index is -3.53. The van der Waals surface area contributed by atoms with E-state index in [0.717, 1.165) is 17.0 Å². The molecule has 0 aliphatic heterocycles. The number of nitrogens with one attached hydrogen (secondary N) is 3. The lowest BCUT2D eigenvalue weighted by atomic mass is 10.1. The number of H-pyrrole nitrogens is 2. The van der Waals surface area contributed by atoms with E-state index >= 15 is 0 Å². The second-order valence-corrected chi connectivity index (χ2v) is 6.53. The van der Waals surface area contributed by atoms with E-state index in [1.54, 1.807) is 13.8 Å². The monoisotopic (exact) mass is 297 g/mol. The molecule has 2 rings (SSSR count). The summed E-state index contributed by atoms with van der Waals surface area (Å²) in [7, 11) is -3.53. The lowest BCUT2D eigenvalue weighted by Crippen LogP contribution is -2.27. The van der Waals surface area contributed by atoms with Gasteiger partial charge in [-0.2, -0.15) is 10.2 Å². The molecule has 0 aliphatic carbocycles. The van der Waals surface area contributed by atoms with Crippen molar-refractivity contribution < 1.29 is 8.42 Å². The van der Waals surface area contributed by atoms with Gasteiger partial charge in [0.1, 0.15) is 4.90 Å². The summed E-state index contributed by atoms with van der Waals surface area (Å²) in [4.78, 5) is 0.234. The minimum Gasteiger partial charge on any atom is -0.282 e. The quantitative estimate of drug-likeness (QED) is 0.762. The van der Waals surface area contributed by atoms with E-state index in [4.69, 9.17) is 0 Å². The van der Waals surface area contributed by atoms with E-state index in [9.17, 15) is 8.42 Å². The van der Waals surface area contributed by atoms with Gasteiger partial charge in [-0.05, 0) is 39.7 Å². The van der Waals surface area contributed by atoms with Crippen molar-refractivity contribution in [1.82, 2.24) is 25.1 Å². The molecule has 2 heterocycles. The standard InChI is InChI=1S/C12H19N5O2S/c1-7-11(8(2)15-14-7)5-6-13-20(18,19)12-9(3)16-17-10(12)4/h13H,5-6H2,1-4H3,(H,14,15)(H,16,17). The van der Waals surface area contributed by atoms with Crippen LogP contribution in [0.2, 0.25) is 0 Å². The Hall–Kier alpha value is -1.67. The van der Waals surface area contributed by atoms with Crippen LogP contribution < -0.4 is 4.72 Å². The van der Waals surface area contributed by atoms with Gasteiger partial charge in [0.05, 0.1) is 17.1 Å². The van der Waals surface area contributed by atoms with Gasteiger partial charge in [-0.3, -0.25) is 10.2 Å². The van der Waals surface area contributed by atoms with Crippen molar-refractivity contribution in [2.45, 2.75) is 39.0 Å². The highest BCUT2D eigenvalue weighted by Gasteiger charge is 2.21. The second-order valence-electron chi connectivity index (χ2n) is 4.82. The van der Waals surface area contributed by atoms with Crippen molar-refractivity contribution in [2.24, 2.45) is 0 Å². The van der Waals surface area contributed by atoms with E-state index in [1.165, 1.54) is 0 Å². The minimum absolute atomic E-state index is 0.234. The molecular weight excluding hydrogens is 278 g/mol. The van der Waals surface area contributed by atoms with Gasteiger partial charge >= 0.3 is 0 Å². The molecule has 2 aromatic rings. The zero-order valence-electron chi connectivity index (χ0n) is 12.0. The van der Waals surface area contributed by atoms with E-state index in [0.29, 0.717) is 24.4 Å². The first-order chi connectivity index (χ1) is 9.33. The average molecular weight is 297 g/mol. The number of hydrogen-bond acceptors (Lipinski definition) is 4. The second kappa shape index (κ2) is 5.37. The lowest BCUT2D eigenvalue weighted by Gasteiger charge is -2.07. The zero-order chi connectivity index (χ0) is 14.9. The van der Waals surface area contributed by atoms with Gasteiger partial charge in [0.15, 0.2) is 0 Å². The van der Waals surface area contributed by atoms with Crippen LogP contribution in [0.1, 0.15) is 28.3 Å². The number of rotatable bonds is 5. The highest BCUT2D eigenvalue weighted by atomic mass is 32.2. The highest BCUT2D eigenvalue weighted by molar-refractivity contribution is 7.89. The third kappa shape index (κ3) is 2.75. The van der Waals surface area contributed by atoms with Crippen LogP contribution in [0.25, 0.3) is 0 Å². The lowest BCUT2D eigenvalue weighted by molar-refractivity contribution is 0.580. The van der Waals surface area contributed by atoms with E-state index in [-0.39, 0.29) is 4.90 Å². The molecule has 0 fully saturated rings. The molecule has 0 radical (unpaired) electrons. The van der Waals surface area contributed by atoms with E-state index < -0.39 is 10.0 Å². The first-order valence-electron chi connectivity index (χ1n) is 6.34. The summed E-state index contributed by atoms with van der Waals surface area (Å²) in [6.07, 6.45) is 0.601. The zero-order valence-corrected chi connectivity index (χ0v) is 12.8. The Morgan fingerprint density at radius 2 is 1.60 bits per heavy atom. The van der Waals surface area contributed by atoms with Crippen molar-refractivity contribution in [3.63, 3.8) is 0 Å². The van der Waals surface area contributed by atoms with Crippen LogP contribution in [-0.2, 0) is 16.4 Å². The van der Waals surface area contributed by atoms with Crippen LogP contribution in [0.5, 0.6) is 0 Å². The molecule has 20 heavy (non-hydrogen) atoms. The van der Waals surface area contributed by atoms with Gasteiger partial charge in [0, 0.05) is 12.2 Å². The molecule has 0 amide bonds. The molecule has 0 aliphatic rings. The number of hydrogen-bond donors (Lipinski definition) is 3. The first kappa shape index (κ1) is 14.7. The van der Waals surface area contributed by atoms with Crippen LogP contribution in [0.3, 0.4) is 0 Å². The summed E-state index contributed by atoms with van der Waals surface area (Å²) in [5.74, 6) is 0. The molecule has 0 bridgehead atoms. The molecule has 110 valence electrons. The van der Waals surface area contributed by atoms with Gasteiger partial charge in [-0.15, -0.1) is 0 Å². The predicted octanol–water partition coefficient (Wildman–Crippen LogP) is 0.887. The van der Waals surface area contributed by atoms with Gasteiger partial charge < -0.3 is 0 Å². The number of nitrogens with zero attached hydrogens (tertiary/aromatic N) is 2. The van der Waals surface area contributed by atoms with Gasteiger partial charge in [0.2, 0.25) is 10.0 Å². The van der Waals surface area contributed by atoms with Gasteiger partial charge in [-0.1, -0.05) is 0 Å². The molecule has 0 spiro atoms. The fourth-order valence-electron chi connectivity index (χ4n) is 2.26. The topological polar surface area (TPSA) is 104 Å². The van der Waals surface area contributed by atoms with Crippen LogP contribution in [0.15, 0.2) is 4.90 Å². The normalized spacial score (nSPS) is 12.0. The third-order valence-corrected chi connectivity index (χ3v) is 5.00. The maximum absolute atomic E-state index is 12.2. The smallest absolute Gasteiger partial charge is 0.244 e. The maximum atomic E-state index is 12.2. The number of aromatic amines is 2. The fourth-order valence-corrected chi connectivity index (χ4v) is 3.66. The molecular formula is C12H19N5O2S. The Labute approximate surface area is 118 Å². The average Bonchev–Trinajstić information content (AvgIpc) is 2.85. The van der Waals surface area contributed by atoms with Crippen molar-refractivity contribution in [2.75, 3.05) is 6.54 Å². The van der Waals surface area contributed by atoms with E-state index in [2.05, 4.69) is 25.1 Å². The first-order valence-corrected chi connectivity index (χ1v) is 7.83. The van der Waals surface area contributed by atoms with E-state index in [1.807, 2.05) is 13.8 Å². The number of aryl methyl sites for hydroxylation is 4. The maximum Gasteiger partial charge on any atom is 0.244 e. The number of aromatic nitrogens is 4. The van der Waals surface area contributed by atoms with Crippen molar-refractivity contribution in [1.29, 1.82) is 0 Å². The molecule has 2 aromatic heterocycles. The largest absolute Gasteiger partial charge is 0.282 e. The molecule has 0 aromatic carbocycles.